The first kappa shape index (κ1) is 19.9. The van der Waals surface area contributed by atoms with Crippen molar-refractivity contribution >= 4 is 17.5 Å². The summed E-state index contributed by atoms with van der Waals surface area (Å²) < 4.78 is 5.76. The lowest BCUT2D eigenvalue weighted by Crippen LogP contribution is -2.23. The largest absolute Gasteiger partial charge is 0.441 e. The van der Waals surface area contributed by atoms with E-state index in [-0.39, 0.29) is 17.7 Å². The molecule has 0 bridgehead atoms. The molecule has 0 spiro atoms. The molecule has 1 aliphatic rings. The smallest absolute Gasteiger partial charge is 0.255 e. The maximum Gasteiger partial charge on any atom is 0.255 e. The Balaban J connectivity index is 1.37. The van der Waals surface area contributed by atoms with Gasteiger partial charge in [-0.3, -0.25) is 9.59 Å². The Kier molecular flexibility index (Phi) is 5.65. The third kappa shape index (κ3) is 4.43. The van der Waals surface area contributed by atoms with Gasteiger partial charge in [0.05, 0.1) is 6.20 Å². The number of nitrogens with zero attached hydrogens (tertiary/aromatic N) is 2. The first-order chi connectivity index (χ1) is 14.5. The van der Waals surface area contributed by atoms with E-state index in [1.807, 2.05) is 41.3 Å². The summed E-state index contributed by atoms with van der Waals surface area (Å²) in [5, 5.41) is 2.91. The van der Waals surface area contributed by atoms with Crippen molar-refractivity contribution in [3.8, 4) is 11.5 Å². The Morgan fingerprint density at radius 2 is 1.87 bits per heavy atom. The van der Waals surface area contributed by atoms with Crippen LogP contribution in [0, 0.1) is 0 Å². The number of likely N-dealkylation sites (tertiary alicyclic amines) is 1. The number of rotatable bonds is 6. The molecule has 0 aliphatic carbocycles. The van der Waals surface area contributed by atoms with E-state index in [4.69, 9.17) is 4.42 Å². The molecule has 2 aromatic carbocycles. The molecule has 1 fully saturated rings. The van der Waals surface area contributed by atoms with E-state index < -0.39 is 0 Å². The molecule has 154 valence electrons. The highest BCUT2D eigenvalue weighted by Gasteiger charge is 2.20. The second-order valence-corrected chi connectivity index (χ2v) is 7.87. The van der Waals surface area contributed by atoms with Gasteiger partial charge in [0.25, 0.3) is 5.91 Å². The van der Waals surface area contributed by atoms with Gasteiger partial charge in [-0.05, 0) is 48.4 Å². The molecule has 6 nitrogen and oxygen atoms in total. The lowest BCUT2D eigenvalue weighted by molar-refractivity contribution is -0.128. The summed E-state index contributed by atoms with van der Waals surface area (Å²) in [6.07, 6.45) is 3.31. The number of hydrogen-bond donors (Lipinski definition) is 1. The quantitative estimate of drug-likeness (QED) is 0.639. The van der Waals surface area contributed by atoms with Gasteiger partial charge in [-0.15, -0.1) is 0 Å². The van der Waals surface area contributed by atoms with E-state index in [1.54, 1.807) is 18.3 Å². The van der Waals surface area contributed by atoms with Gasteiger partial charge >= 0.3 is 0 Å². The van der Waals surface area contributed by atoms with Crippen LogP contribution in [0.1, 0.15) is 54.3 Å². The summed E-state index contributed by atoms with van der Waals surface area (Å²) >= 11 is 0. The Morgan fingerprint density at radius 3 is 2.47 bits per heavy atom. The number of carbonyl (C=O) groups excluding carboxylic acids is 2. The molecular weight excluding hydrogens is 378 g/mol. The topological polar surface area (TPSA) is 75.4 Å². The van der Waals surface area contributed by atoms with Crippen LogP contribution in [-0.4, -0.2) is 28.2 Å². The first-order valence-electron chi connectivity index (χ1n) is 10.2. The van der Waals surface area contributed by atoms with Gasteiger partial charge in [-0.1, -0.05) is 26.0 Å². The zero-order valence-electron chi connectivity index (χ0n) is 17.2. The molecule has 0 unspecified atom stereocenters. The molecule has 2 heterocycles. The van der Waals surface area contributed by atoms with Gasteiger partial charge in [0.2, 0.25) is 11.8 Å². The minimum Gasteiger partial charge on any atom is -0.441 e. The van der Waals surface area contributed by atoms with Crippen LogP contribution in [0.15, 0.2) is 59.1 Å². The summed E-state index contributed by atoms with van der Waals surface area (Å²) in [5.41, 5.74) is 3.16. The van der Waals surface area contributed by atoms with Gasteiger partial charge < -0.3 is 14.6 Å². The minimum absolute atomic E-state index is 0.176. The number of nitrogens with one attached hydrogen (secondary N) is 1. The molecule has 1 N–H and O–H groups in total. The van der Waals surface area contributed by atoms with E-state index in [1.165, 1.54) is 0 Å². The number of benzene rings is 2. The van der Waals surface area contributed by atoms with Crippen molar-refractivity contribution in [2.75, 3.05) is 11.9 Å². The standard InChI is InChI=1S/C24H25N3O3/c1-16(2)21-14-25-24(30-21)19-9-11-20(12-10-19)26-23(29)18-7-5-17(6-8-18)15-27-13-3-4-22(27)28/h5-12,14,16H,3-4,13,15H2,1-2H3,(H,26,29). The van der Waals surface area contributed by atoms with Crippen LogP contribution < -0.4 is 5.32 Å². The van der Waals surface area contributed by atoms with Crippen LogP contribution in [-0.2, 0) is 11.3 Å². The highest BCUT2D eigenvalue weighted by atomic mass is 16.4. The minimum atomic E-state index is -0.176. The Hall–Kier alpha value is -3.41. The SMILES string of the molecule is CC(C)c1cnc(-c2ccc(NC(=O)c3ccc(CN4CCCC4=O)cc3)cc2)o1. The van der Waals surface area contributed by atoms with E-state index in [0.29, 0.717) is 30.1 Å². The molecule has 1 aliphatic heterocycles. The lowest BCUT2D eigenvalue weighted by Gasteiger charge is -2.15. The number of oxazole rings is 1. The fourth-order valence-corrected chi connectivity index (χ4v) is 3.44. The molecule has 1 saturated heterocycles. The average molecular weight is 403 g/mol. The Bertz CT molecular complexity index is 1040. The normalized spacial score (nSPS) is 13.8. The van der Waals surface area contributed by atoms with Crippen LogP contribution in [0.5, 0.6) is 0 Å². The van der Waals surface area contributed by atoms with Crippen LogP contribution in [0.2, 0.25) is 0 Å². The Morgan fingerprint density at radius 1 is 1.13 bits per heavy atom. The highest BCUT2D eigenvalue weighted by Crippen LogP contribution is 2.24. The molecular formula is C24H25N3O3. The van der Waals surface area contributed by atoms with E-state index in [2.05, 4.69) is 24.1 Å². The number of hydrogen-bond acceptors (Lipinski definition) is 4. The van der Waals surface area contributed by atoms with Crippen molar-refractivity contribution in [3.05, 3.63) is 71.6 Å². The maximum atomic E-state index is 12.5. The molecule has 6 heteroatoms. The Labute approximate surface area is 175 Å². The summed E-state index contributed by atoms with van der Waals surface area (Å²) in [7, 11) is 0. The van der Waals surface area contributed by atoms with Crippen LogP contribution in [0.4, 0.5) is 5.69 Å². The fourth-order valence-electron chi connectivity index (χ4n) is 3.44. The van der Waals surface area contributed by atoms with Crippen molar-refractivity contribution in [2.45, 2.75) is 39.2 Å². The summed E-state index contributed by atoms with van der Waals surface area (Å²) in [6.45, 7) is 5.52. The summed E-state index contributed by atoms with van der Waals surface area (Å²) in [4.78, 5) is 30.5. The van der Waals surface area contributed by atoms with Crippen molar-refractivity contribution in [1.29, 1.82) is 0 Å². The zero-order chi connectivity index (χ0) is 21.1. The zero-order valence-corrected chi connectivity index (χ0v) is 17.2. The number of carbonyl (C=O) groups is 2. The third-order valence-electron chi connectivity index (χ3n) is 5.24. The van der Waals surface area contributed by atoms with E-state index in [9.17, 15) is 9.59 Å². The predicted octanol–water partition coefficient (Wildman–Crippen LogP) is 4.84. The molecule has 0 saturated carbocycles. The van der Waals surface area contributed by atoms with Crippen LogP contribution in [0.25, 0.3) is 11.5 Å². The lowest BCUT2D eigenvalue weighted by atomic mass is 10.1. The van der Waals surface area contributed by atoms with Crippen LogP contribution in [0.3, 0.4) is 0 Å². The second-order valence-electron chi connectivity index (χ2n) is 7.87. The van der Waals surface area contributed by atoms with Gasteiger partial charge in [-0.25, -0.2) is 4.98 Å². The van der Waals surface area contributed by atoms with Crippen molar-refractivity contribution in [2.24, 2.45) is 0 Å². The number of anilines is 1. The molecule has 1 aromatic heterocycles. The van der Waals surface area contributed by atoms with Crippen molar-refractivity contribution < 1.29 is 14.0 Å². The summed E-state index contributed by atoms with van der Waals surface area (Å²) in [6, 6.07) is 14.8. The van der Waals surface area contributed by atoms with Gasteiger partial charge in [0.15, 0.2) is 0 Å². The molecule has 2 amide bonds. The summed E-state index contributed by atoms with van der Waals surface area (Å²) in [5.74, 6) is 1.73. The fraction of sp³-hybridized carbons (Fsp3) is 0.292. The van der Waals surface area contributed by atoms with E-state index in [0.717, 1.165) is 29.9 Å². The van der Waals surface area contributed by atoms with Gasteiger partial charge in [-0.2, -0.15) is 0 Å². The first-order valence-corrected chi connectivity index (χ1v) is 10.2. The third-order valence-corrected chi connectivity index (χ3v) is 5.24. The highest BCUT2D eigenvalue weighted by molar-refractivity contribution is 6.04. The van der Waals surface area contributed by atoms with Crippen molar-refractivity contribution in [3.63, 3.8) is 0 Å². The maximum absolute atomic E-state index is 12.5. The molecule has 0 atom stereocenters. The van der Waals surface area contributed by atoms with E-state index >= 15 is 0 Å². The van der Waals surface area contributed by atoms with Gasteiger partial charge in [0, 0.05) is 42.2 Å². The van der Waals surface area contributed by atoms with Crippen molar-refractivity contribution in [1.82, 2.24) is 9.88 Å². The molecule has 0 radical (unpaired) electrons. The monoisotopic (exact) mass is 403 g/mol. The number of aromatic nitrogens is 1. The van der Waals surface area contributed by atoms with Gasteiger partial charge in [0.1, 0.15) is 5.76 Å². The molecule has 30 heavy (non-hydrogen) atoms. The molecule has 4 rings (SSSR count). The van der Waals surface area contributed by atoms with Crippen LogP contribution >= 0.6 is 0 Å². The predicted molar refractivity (Wildman–Crippen MR) is 115 cm³/mol. The molecule has 3 aromatic rings. The average Bonchev–Trinajstić information content (AvgIpc) is 3.39. The number of amides is 2. The second kappa shape index (κ2) is 8.53.